The third-order valence-corrected chi connectivity index (χ3v) is 13.0. The predicted molar refractivity (Wildman–Crippen MR) is 159 cm³/mol. The lowest BCUT2D eigenvalue weighted by atomic mass is 9.85. The summed E-state index contributed by atoms with van der Waals surface area (Å²) >= 11 is 6.37. The summed E-state index contributed by atoms with van der Waals surface area (Å²) < 4.78 is 18.3. The number of halogens is 1. The number of esters is 1. The number of hydrogen-bond donors (Lipinski definition) is 2. The summed E-state index contributed by atoms with van der Waals surface area (Å²) in [6.45, 7) is 12.1. The Hall–Kier alpha value is -2.85. The van der Waals surface area contributed by atoms with Crippen molar-refractivity contribution in [1.29, 1.82) is 0 Å². The molecule has 10 heteroatoms. The standard InChI is InChI=1S/C30H38ClNO7Si/c1-30(2,3)40(5,6)37-14-12-26(36)38-25-17-32(4)13-11-19(25)27-21(33)15-22(34)28-23(35)16-24(39-29(27)28)18-9-7-8-10-20(18)31/h7-10,15-16,19,25,33-34H,11-14,17H2,1-6H3/t19-,25+/m0/s1. The number of benzene rings is 2. The first-order valence-electron chi connectivity index (χ1n) is 13.5. The fraction of sp³-hybridized carbons (Fsp3) is 0.467. The quantitative estimate of drug-likeness (QED) is 0.246. The Bertz CT molecular complexity index is 1460. The maximum absolute atomic E-state index is 13.2. The van der Waals surface area contributed by atoms with Gasteiger partial charge in [-0.05, 0) is 50.3 Å². The molecular formula is C30H38ClNO7Si. The third-order valence-electron chi connectivity index (χ3n) is 8.13. The van der Waals surface area contributed by atoms with Gasteiger partial charge in [0, 0.05) is 42.3 Å². The number of aromatic hydroxyl groups is 2. The molecule has 1 aliphatic heterocycles. The Labute approximate surface area is 240 Å². The molecule has 0 bridgehead atoms. The molecule has 1 saturated heterocycles. The predicted octanol–water partition coefficient (Wildman–Crippen LogP) is 6.27. The molecule has 3 aromatic rings. The Balaban J connectivity index is 1.69. The number of hydrogen-bond acceptors (Lipinski definition) is 8. The number of fused-ring (bicyclic) bond motifs is 1. The van der Waals surface area contributed by atoms with E-state index in [2.05, 4.69) is 33.9 Å². The average molecular weight is 588 g/mol. The van der Waals surface area contributed by atoms with Crippen molar-refractivity contribution in [2.24, 2.45) is 0 Å². The second-order valence-corrected chi connectivity index (χ2v) is 17.2. The van der Waals surface area contributed by atoms with Crippen LogP contribution in [0, 0.1) is 0 Å². The van der Waals surface area contributed by atoms with E-state index in [4.69, 9.17) is 25.2 Å². The van der Waals surface area contributed by atoms with Crippen LogP contribution in [-0.4, -0.2) is 62.2 Å². The Morgan fingerprint density at radius 1 is 1.18 bits per heavy atom. The van der Waals surface area contributed by atoms with Crippen molar-refractivity contribution < 1.29 is 28.6 Å². The second kappa shape index (κ2) is 11.6. The summed E-state index contributed by atoms with van der Waals surface area (Å²) in [6.07, 6.45) is 0.0163. The minimum atomic E-state index is -2.01. The van der Waals surface area contributed by atoms with Crippen LogP contribution in [0.2, 0.25) is 23.2 Å². The highest BCUT2D eigenvalue weighted by Crippen LogP contribution is 2.44. The normalized spacial score (nSPS) is 18.7. The van der Waals surface area contributed by atoms with Crippen LogP contribution >= 0.6 is 11.6 Å². The van der Waals surface area contributed by atoms with Crippen LogP contribution in [0.25, 0.3) is 22.3 Å². The number of rotatable bonds is 7. The number of piperidine rings is 1. The third kappa shape index (κ3) is 6.22. The highest BCUT2D eigenvalue weighted by Gasteiger charge is 2.38. The van der Waals surface area contributed by atoms with Gasteiger partial charge in [0.1, 0.15) is 34.3 Å². The first-order chi connectivity index (χ1) is 18.7. The van der Waals surface area contributed by atoms with Crippen LogP contribution in [-0.2, 0) is 14.0 Å². The van der Waals surface area contributed by atoms with E-state index in [9.17, 15) is 19.8 Å². The number of phenolic OH excluding ortho intramolecular Hbond substituents is 2. The van der Waals surface area contributed by atoms with Crippen molar-refractivity contribution in [3.8, 4) is 22.8 Å². The van der Waals surface area contributed by atoms with E-state index in [1.807, 2.05) is 11.9 Å². The van der Waals surface area contributed by atoms with Crippen molar-refractivity contribution in [3.63, 3.8) is 0 Å². The Morgan fingerprint density at radius 3 is 2.55 bits per heavy atom. The van der Waals surface area contributed by atoms with Gasteiger partial charge in [0.15, 0.2) is 13.7 Å². The summed E-state index contributed by atoms with van der Waals surface area (Å²) in [7, 11) is -0.0791. The van der Waals surface area contributed by atoms with Gasteiger partial charge in [-0.15, -0.1) is 0 Å². The minimum Gasteiger partial charge on any atom is -0.507 e. The fourth-order valence-corrected chi connectivity index (χ4v) is 6.10. The van der Waals surface area contributed by atoms with Gasteiger partial charge in [-0.2, -0.15) is 0 Å². The van der Waals surface area contributed by atoms with E-state index < -0.39 is 31.7 Å². The number of nitrogens with zero attached hydrogens (tertiary/aromatic N) is 1. The Morgan fingerprint density at radius 2 is 1.88 bits per heavy atom. The molecule has 2 aromatic carbocycles. The van der Waals surface area contributed by atoms with E-state index in [1.54, 1.807) is 24.3 Å². The zero-order valence-electron chi connectivity index (χ0n) is 23.9. The number of carbonyl (C=O) groups excluding carboxylic acids is 1. The van der Waals surface area contributed by atoms with Gasteiger partial charge < -0.3 is 28.7 Å². The molecule has 0 radical (unpaired) electrons. The van der Waals surface area contributed by atoms with Gasteiger partial charge in [0.05, 0.1) is 11.4 Å². The summed E-state index contributed by atoms with van der Waals surface area (Å²) in [5.41, 5.74) is 0.406. The molecule has 2 N–H and O–H groups in total. The lowest BCUT2D eigenvalue weighted by Crippen LogP contribution is -2.44. The van der Waals surface area contributed by atoms with E-state index >= 15 is 0 Å². The van der Waals surface area contributed by atoms with Crippen LogP contribution in [0.4, 0.5) is 0 Å². The van der Waals surface area contributed by atoms with E-state index in [1.165, 1.54) is 6.07 Å². The molecular weight excluding hydrogens is 550 g/mol. The molecule has 2 heterocycles. The molecule has 0 spiro atoms. The van der Waals surface area contributed by atoms with Crippen molar-refractivity contribution in [3.05, 3.63) is 57.2 Å². The molecule has 216 valence electrons. The molecule has 4 rings (SSSR count). The van der Waals surface area contributed by atoms with Gasteiger partial charge in [-0.25, -0.2) is 0 Å². The zero-order chi connectivity index (χ0) is 29.4. The SMILES string of the molecule is CN1CC[C@H](c2c(O)cc(O)c3c(=O)cc(-c4ccccc4Cl)oc23)[C@H](OC(=O)CCO[Si](C)(C)C(C)(C)C)C1. The van der Waals surface area contributed by atoms with E-state index in [-0.39, 0.29) is 46.3 Å². The molecule has 2 atom stereocenters. The highest BCUT2D eigenvalue weighted by atomic mass is 35.5. The summed E-state index contributed by atoms with van der Waals surface area (Å²) in [6, 6.07) is 9.37. The lowest BCUT2D eigenvalue weighted by molar-refractivity contribution is -0.153. The summed E-state index contributed by atoms with van der Waals surface area (Å²) in [5, 5.41) is 22.0. The smallest absolute Gasteiger partial charge is 0.308 e. The molecule has 0 aliphatic carbocycles. The monoisotopic (exact) mass is 587 g/mol. The van der Waals surface area contributed by atoms with Crippen molar-refractivity contribution in [1.82, 2.24) is 4.90 Å². The average Bonchev–Trinajstić information content (AvgIpc) is 2.84. The molecule has 40 heavy (non-hydrogen) atoms. The van der Waals surface area contributed by atoms with Crippen LogP contribution < -0.4 is 5.43 Å². The first-order valence-corrected chi connectivity index (χ1v) is 16.8. The minimum absolute atomic E-state index is 0.0261. The van der Waals surface area contributed by atoms with E-state index in [0.29, 0.717) is 35.7 Å². The molecule has 8 nitrogen and oxygen atoms in total. The molecule has 1 aliphatic rings. The van der Waals surface area contributed by atoms with Gasteiger partial charge in [-0.3, -0.25) is 9.59 Å². The van der Waals surface area contributed by atoms with Gasteiger partial charge in [0.2, 0.25) is 0 Å². The van der Waals surface area contributed by atoms with Crippen molar-refractivity contribution in [2.45, 2.75) is 63.8 Å². The summed E-state index contributed by atoms with van der Waals surface area (Å²) in [4.78, 5) is 28.2. The number of carbonyl (C=O) groups is 1. The zero-order valence-corrected chi connectivity index (χ0v) is 25.7. The number of ether oxygens (including phenoxy) is 1. The second-order valence-electron chi connectivity index (χ2n) is 12.0. The van der Waals surface area contributed by atoms with Gasteiger partial charge in [-0.1, -0.05) is 44.5 Å². The maximum atomic E-state index is 13.2. The lowest BCUT2D eigenvalue weighted by Gasteiger charge is -2.37. The van der Waals surface area contributed by atoms with Crippen LogP contribution in [0.1, 0.15) is 45.1 Å². The van der Waals surface area contributed by atoms with Crippen LogP contribution in [0.3, 0.4) is 0 Å². The van der Waals surface area contributed by atoms with Crippen molar-refractivity contribution >= 4 is 36.9 Å². The molecule has 1 aromatic heterocycles. The molecule has 1 fully saturated rings. The highest BCUT2D eigenvalue weighted by molar-refractivity contribution is 6.74. The maximum Gasteiger partial charge on any atom is 0.308 e. The number of likely N-dealkylation sites (N-methyl/N-ethyl adjacent to an activating group) is 1. The Kier molecular flexibility index (Phi) is 8.70. The summed E-state index contributed by atoms with van der Waals surface area (Å²) in [5.74, 6) is -1.29. The van der Waals surface area contributed by atoms with Gasteiger partial charge >= 0.3 is 5.97 Å². The van der Waals surface area contributed by atoms with Crippen LogP contribution in [0.5, 0.6) is 11.5 Å². The van der Waals surface area contributed by atoms with Crippen molar-refractivity contribution in [2.75, 3.05) is 26.7 Å². The van der Waals surface area contributed by atoms with E-state index in [0.717, 1.165) is 6.07 Å². The topological polar surface area (TPSA) is 109 Å². The number of phenols is 2. The van der Waals surface area contributed by atoms with Gasteiger partial charge in [0.25, 0.3) is 0 Å². The molecule has 0 amide bonds. The first kappa shape index (κ1) is 30.1. The van der Waals surface area contributed by atoms with Crippen LogP contribution in [0.15, 0.2) is 45.6 Å². The molecule has 0 saturated carbocycles. The fourth-order valence-electron chi connectivity index (χ4n) is 4.83. The number of likely N-dealkylation sites (tertiary alicyclic amines) is 1. The largest absolute Gasteiger partial charge is 0.507 e. The molecule has 0 unspecified atom stereocenters.